The fourth-order valence-electron chi connectivity index (χ4n) is 2.87. The molecule has 2 heterocycles. The lowest BCUT2D eigenvalue weighted by molar-refractivity contribution is 0.113. The molecule has 24 heavy (non-hydrogen) atoms. The monoisotopic (exact) mass is 346 g/mol. The van der Waals surface area contributed by atoms with Crippen molar-refractivity contribution >= 4 is 17.4 Å². The van der Waals surface area contributed by atoms with E-state index in [-0.39, 0.29) is 24.6 Å². The lowest BCUT2D eigenvalue weighted by Gasteiger charge is -2.33. The average Bonchev–Trinajstić information content (AvgIpc) is 2.92. The lowest BCUT2D eigenvalue weighted by Crippen LogP contribution is -2.44. The van der Waals surface area contributed by atoms with Crippen LogP contribution < -0.4 is 15.4 Å². The van der Waals surface area contributed by atoms with Crippen LogP contribution in [0.4, 0.5) is 4.79 Å². The minimum absolute atomic E-state index is 0.0396. The second-order valence-electron chi connectivity index (χ2n) is 6.04. The number of urea groups is 1. The number of benzene rings is 1. The van der Waals surface area contributed by atoms with Gasteiger partial charge in [0.25, 0.3) is 0 Å². The molecule has 3 rings (SSSR count). The van der Waals surface area contributed by atoms with Gasteiger partial charge in [-0.15, -0.1) is 11.3 Å². The first-order chi connectivity index (χ1) is 11.6. The lowest BCUT2D eigenvalue weighted by atomic mass is 9.91. The maximum absolute atomic E-state index is 12.3. The molecule has 0 saturated carbocycles. The van der Waals surface area contributed by atoms with Crippen LogP contribution in [-0.4, -0.2) is 24.4 Å². The van der Waals surface area contributed by atoms with Gasteiger partial charge in [-0.1, -0.05) is 18.2 Å². The van der Waals surface area contributed by atoms with Gasteiger partial charge in [0.15, 0.2) is 0 Å². The number of amides is 2. The highest BCUT2D eigenvalue weighted by atomic mass is 32.1. The Bertz CT molecular complexity index is 729. The van der Waals surface area contributed by atoms with E-state index in [0.29, 0.717) is 13.2 Å². The number of hydrogen-bond acceptors (Lipinski definition) is 4. The van der Waals surface area contributed by atoms with Crippen molar-refractivity contribution in [3.05, 3.63) is 51.2 Å². The molecule has 0 bridgehead atoms. The smallest absolute Gasteiger partial charge is 0.315 e. The number of carbonyl (C=O) groups excluding carboxylic acids is 1. The highest BCUT2D eigenvalue weighted by Gasteiger charge is 2.31. The zero-order valence-corrected chi connectivity index (χ0v) is 14.7. The number of para-hydroxylation sites is 1. The van der Waals surface area contributed by atoms with Gasteiger partial charge in [-0.2, -0.15) is 0 Å². The molecule has 1 aliphatic heterocycles. The SMILES string of the molecule is Cc1scc(CNC(=O)N[C@H]2c3ccccc3OC[C@H]2CO)c1C. The van der Waals surface area contributed by atoms with Crippen LogP contribution in [0.5, 0.6) is 5.75 Å². The van der Waals surface area contributed by atoms with Gasteiger partial charge in [0.2, 0.25) is 0 Å². The molecule has 0 unspecified atom stereocenters. The molecule has 3 N–H and O–H groups in total. The van der Waals surface area contributed by atoms with Crippen LogP contribution in [-0.2, 0) is 6.54 Å². The number of aryl methyl sites for hydroxylation is 1. The van der Waals surface area contributed by atoms with Gasteiger partial charge in [-0.3, -0.25) is 0 Å². The number of carbonyl (C=O) groups is 1. The third-order valence-electron chi connectivity index (χ3n) is 4.53. The summed E-state index contributed by atoms with van der Waals surface area (Å²) in [6.07, 6.45) is 0. The van der Waals surface area contributed by atoms with Crippen molar-refractivity contribution in [1.29, 1.82) is 0 Å². The number of nitrogens with one attached hydrogen (secondary N) is 2. The Labute approximate surface area is 145 Å². The largest absolute Gasteiger partial charge is 0.493 e. The van der Waals surface area contributed by atoms with E-state index in [1.54, 1.807) is 11.3 Å². The Hall–Kier alpha value is -2.05. The molecule has 2 amide bonds. The van der Waals surface area contributed by atoms with E-state index in [1.807, 2.05) is 24.3 Å². The summed E-state index contributed by atoms with van der Waals surface area (Å²) in [6, 6.07) is 7.12. The van der Waals surface area contributed by atoms with Crippen LogP contribution >= 0.6 is 11.3 Å². The Morgan fingerprint density at radius 1 is 1.38 bits per heavy atom. The zero-order valence-electron chi connectivity index (χ0n) is 13.8. The molecule has 6 heteroatoms. The summed E-state index contributed by atoms with van der Waals surface area (Å²) in [6.45, 7) is 4.99. The molecule has 1 aromatic heterocycles. The number of rotatable bonds is 4. The van der Waals surface area contributed by atoms with Crippen molar-refractivity contribution in [3.63, 3.8) is 0 Å². The molecule has 0 radical (unpaired) electrons. The fourth-order valence-corrected chi connectivity index (χ4v) is 3.76. The Morgan fingerprint density at radius 2 is 2.17 bits per heavy atom. The number of fused-ring (bicyclic) bond motifs is 1. The molecular weight excluding hydrogens is 324 g/mol. The molecule has 5 nitrogen and oxygen atoms in total. The van der Waals surface area contributed by atoms with Crippen molar-refractivity contribution in [2.24, 2.45) is 5.92 Å². The van der Waals surface area contributed by atoms with Gasteiger partial charge >= 0.3 is 6.03 Å². The zero-order chi connectivity index (χ0) is 17.1. The second kappa shape index (κ2) is 7.23. The van der Waals surface area contributed by atoms with E-state index in [1.165, 1.54) is 10.4 Å². The molecule has 1 aromatic carbocycles. The van der Waals surface area contributed by atoms with Gasteiger partial charge in [0.1, 0.15) is 5.75 Å². The Kier molecular flexibility index (Phi) is 5.06. The standard InChI is InChI=1S/C18H22N2O3S/c1-11-12(2)24-10-13(11)7-19-18(22)20-17-14(8-21)9-23-16-6-4-3-5-15(16)17/h3-6,10,14,17,21H,7-9H2,1-2H3,(H2,19,20,22)/t14-,17-/m1/s1. The third-order valence-corrected chi connectivity index (χ3v) is 5.59. The van der Waals surface area contributed by atoms with E-state index in [2.05, 4.69) is 29.9 Å². The molecule has 0 fully saturated rings. The van der Waals surface area contributed by atoms with Gasteiger partial charge in [0.05, 0.1) is 19.3 Å². The summed E-state index contributed by atoms with van der Waals surface area (Å²) in [7, 11) is 0. The van der Waals surface area contributed by atoms with Gasteiger partial charge in [-0.05, 0) is 36.4 Å². The molecule has 0 aliphatic carbocycles. The van der Waals surface area contributed by atoms with Crippen molar-refractivity contribution < 1.29 is 14.6 Å². The van der Waals surface area contributed by atoms with Crippen LogP contribution in [0.1, 0.15) is 27.6 Å². The number of aliphatic hydroxyl groups excluding tert-OH is 1. The minimum Gasteiger partial charge on any atom is -0.493 e. The van der Waals surface area contributed by atoms with Crippen LogP contribution in [0.2, 0.25) is 0 Å². The van der Waals surface area contributed by atoms with E-state index < -0.39 is 0 Å². The van der Waals surface area contributed by atoms with E-state index in [4.69, 9.17) is 4.74 Å². The molecule has 0 spiro atoms. The summed E-state index contributed by atoms with van der Waals surface area (Å²) in [5.41, 5.74) is 3.27. The highest BCUT2D eigenvalue weighted by molar-refractivity contribution is 7.10. The number of ether oxygens (including phenoxy) is 1. The van der Waals surface area contributed by atoms with Crippen LogP contribution in [0.3, 0.4) is 0 Å². The van der Waals surface area contributed by atoms with Gasteiger partial charge in [-0.25, -0.2) is 4.79 Å². The molecule has 0 saturated heterocycles. The van der Waals surface area contributed by atoms with Gasteiger partial charge in [0, 0.05) is 22.9 Å². The maximum Gasteiger partial charge on any atom is 0.315 e. The molecule has 2 atom stereocenters. The van der Waals surface area contributed by atoms with Crippen molar-refractivity contribution in [1.82, 2.24) is 10.6 Å². The number of thiophene rings is 1. The third kappa shape index (κ3) is 3.39. The Balaban J connectivity index is 1.67. The van der Waals surface area contributed by atoms with Crippen molar-refractivity contribution in [2.75, 3.05) is 13.2 Å². The van der Waals surface area contributed by atoms with E-state index >= 15 is 0 Å². The summed E-state index contributed by atoms with van der Waals surface area (Å²) >= 11 is 1.69. The summed E-state index contributed by atoms with van der Waals surface area (Å²) in [5, 5.41) is 17.6. The first kappa shape index (κ1) is 16.8. The number of aliphatic hydroxyl groups is 1. The molecule has 2 aromatic rings. The normalized spacial score (nSPS) is 19.3. The van der Waals surface area contributed by atoms with E-state index in [9.17, 15) is 9.90 Å². The summed E-state index contributed by atoms with van der Waals surface area (Å²) < 4.78 is 5.66. The molecular formula is C18H22N2O3S. The predicted molar refractivity (Wildman–Crippen MR) is 94.4 cm³/mol. The molecule has 128 valence electrons. The van der Waals surface area contributed by atoms with Crippen molar-refractivity contribution in [3.8, 4) is 5.75 Å². The summed E-state index contributed by atoms with van der Waals surface area (Å²) in [4.78, 5) is 13.6. The van der Waals surface area contributed by atoms with Crippen LogP contribution in [0.25, 0.3) is 0 Å². The van der Waals surface area contributed by atoms with Crippen LogP contribution in [0.15, 0.2) is 29.6 Å². The fraction of sp³-hybridized carbons (Fsp3) is 0.389. The topological polar surface area (TPSA) is 70.6 Å². The average molecular weight is 346 g/mol. The quantitative estimate of drug-likeness (QED) is 0.797. The number of hydrogen-bond donors (Lipinski definition) is 3. The minimum atomic E-state index is -0.259. The van der Waals surface area contributed by atoms with E-state index in [0.717, 1.165) is 16.9 Å². The van der Waals surface area contributed by atoms with Gasteiger partial charge < -0.3 is 20.5 Å². The second-order valence-corrected chi connectivity index (χ2v) is 7.12. The maximum atomic E-state index is 12.3. The first-order valence-corrected chi connectivity index (χ1v) is 8.88. The predicted octanol–water partition coefficient (Wildman–Crippen LogP) is 2.91. The van der Waals surface area contributed by atoms with Crippen molar-refractivity contribution in [2.45, 2.75) is 26.4 Å². The Morgan fingerprint density at radius 3 is 2.88 bits per heavy atom. The molecule has 1 aliphatic rings. The van der Waals surface area contributed by atoms with Crippen LogP contribution in [0, 0.1) is 19.8 Å². The first-order valence-electron chi connectivity index (χ1n) is 8.00. The highest BCUT2D eigenvalue weighted by Crippen LogP contribution is 2.34. The summed E-state index contributed by atoms with van der Waals surface area (Å²) in [5.74, 6) is 0.604.